The molecule has 3 aromatic rings. The Morgan fingerprint density at radius 2 is 1.89 bits per heavy atom. The van der Waals surface area contributed by atoms with Crippen molar-refractivity contribution in [3.63, 3.8) is 0 Å². The number of ether oxygens (including phenoxy) is 3. The van der Waals surface area contributed by atoms with Crippen molar-refractivity contribution in [2.75, 3.05) is 7.11 Å². The number of aromatic hydroxyl groups is 1. The van der Waals surface area contributed by atoms with Gasteiger partial charge in [-0.15, -0.1) is 0 Å². The standard InChI is InChI=1S/C26H32N2O10/c1-11-17(35-25-21(31)20(30)23(33-7)26(5,6)37-25)9-8-15-19(29)18(24(32)36-22(11)15)13(3)27-34-10-16-12(2)28-38-14(16)4/h8-9,20-21,23,25,29-31H,10H2,1-7H3/b27-13-/t20-,21+,23+,25+/m0/s1. The average molecular weight is 533 g/mol. The average Bonchev–Trinajstić information content (AvgIpc) is 3.16. The molecular formula is C26H32N2O10. The highest BCUT2D eigenvalue weighted by atomic mass is 16.7. The Balaban J connectivity index is 1.61. The Hall–Kier alpha value is -3.45. The highest BCUT2D eigenvalue weighted by Gasteiger charge is 2.50. The van der Waals surface area contributed by atoms with Crippen LogP contribution >= 0.6 is 0 Å². The van der Waals surface area contributed by atoms with Crippen LogP contribution in [0, 0.1) is 20.8 Å². The summed E-state index contributed by atoms with van der Waals surface area (Å²) in [6.07, 6.45) is -4.68. The number of oxime groups is 1. The highest BCUT2D eigenvalue weighted by Crippen LogP contribution is 2.37. The van der Waals surface area contributed by atoms with Crippen LogP contribution in [0.25, 0.3) is 11.0 Å². The van der Waals surface area contributed by atoms with E-state index in [2.05, 4.69) is 10.3 Å². The first-order valence-corrected chi connectivity index (χ1v) is 12.0. The lowest BCUT2D eigenvalue weighted by atomic mass is 9.89. The van der Waals surface area contributed by atoms with Gasteiger partial charge in [-0.2, -0.15) is 0 Å². The second-order valence-corrected chi connectivity index (χ2v) is 9.78. The zero-order valence-corrected chi connectivity index (χ0v) is 22.3. The van der Waals surface area contributed by atoms with Crippen molar-refractivity contribution in [2.24, 2.45) is 5.16 Å². The molecule has 0 radical (unpaired) electrons. The molecule has 2 aromatic heterocycles. The second kappa shape index (κ2) is 10.4. The molecule has 3 heterocycles. The zero-order chi connectivity index (χ0) is 27.9. The van der Waals surface area contributed by atoms with Crippen LogP contribution in [0.5, 0.6) is 11.5 Å². The van der Waals surface area contributed by atoms with E-state index in [1.807, 2.05) is 0 Å². The predicted molar refractivity (Wildman–Crippen MR) is 134 cm³/mol. The van der Waals surface area contributed by atoms with Crippen LogP contribution in [0.15, 0.2) is 31.0 Å². The van der Waals surface area contributed by atoms with Gasteiger partial charge in [-0.05, 0) is 53.7 Å². The van der Waals surface area contributed by atoms with Gasteiger partial charge in [0.1, 0.15) is 53.3 Å². The van der Waals surface area contributed by atoms with Crippen LogP contribution < -0.4 is 10.4 Å². The monoisotopic (exact) mass is 532 g/mol. The van der Waals surface area contributed by atoms with Crippen molar-refractivity contribution in [1.82, 2.24) is 5.16 Å². The van der Waals surface area contributed by atoms with Crippen LogP contribution in [0.3, 0.4) is 0 Å². The van der Waals surface area contributed by atoms with Crippen LogP contribution in [0.4, 0.5) is 0 Å². The van der Waals surface area contributed by atoms with Crippen molar-refractivity contribution >= 4 is 16.7 Å². The van der Waals surface area contributed by atoms with E-state index in [0.29, 0.717) is 17.0 Å². The van der Waals surface area contributed by atoms with E-state index < -0.39 is 35.8 Å². The van der Waals surface area contributed by atoms with Crippen molar-refractivity contribution in [3.8, 4) is 11.5 Å². The number of benzene rings is 1. The summed E-state index contributed by atoms with van der Waals surface area (Å²) in [5, 5.41) is 40.1. The number of aliphatic hydroxyl groups excluding tert-OH is 2. The van der Waals surface area contributed by atoms with Gasteiger partial charge in [0.15, 0.2) is 0 Å². The number of aryl methyl sites for hydroxylation is 3. The minimum Gasteiger partial charge on any atom is -0.506 e. The van der Waals surface area contributed by atoms with Crippen molar-refractivity contribution in [3.05, 3.63) is 50.7 Å². The SMILES string of the molecule is CO[C@@H]1[C@@H](O)[C@@H](O)[C@H](Oc2ccc3c(O)c(/C(C)=N\OCc4c(C)noc4C)c(=O)oc3c2C)OC1(C)C. The van der Waals surface area contributed by atoms with E-state index >= 15 is 0 Å². The summed E-state index contributed by atoms with van der Waals surface area (Å²) < 4.78 is 27.7. The summed E-state index contributed by atoms with van der Waals surface area (Å²) in [5.74, 6) is 0.491. The molecule has 0 amide bonds. The smallest absolute Gasteiger partial charge is 0.349 e. The van der Waals surface area contributed by atoms with Gasteiger partial charge in [-0.3, -0.25) is 0 Å². The first kappa shape index (κ1) is 27.6. The number of rotatable bonds is 7. The third kappa shape index (κ3) is 4.87. The molecule has 3 N–H and O–H groups in total. The Morgan fingerprint density at radius 3 is 2.53 bits per heavy atom. The van der Waals surface area contributed by atoms with Gasteiger partial charge in [-0.25, -0.2) is 4.79 Å². The first-order chi connectivity index (χ1) is 17.9. The molecule has 1 aromatic carbocycles. The van der Waals surface area contributed by atoms with Gasteiger partial charge < -0.3 is 43.3 Å². The molecule has 1 aliphatic rings. The minimum absolute atomic E-state index is 0.0731. The third-order valence-electron chi connectivity index (χ3n) is 6.74. The van der Waals surface area contributed by atoms with E-state index in [1.54, 1.807) is 40.7 Å². The fourth-order valence-corrected chi connectivity index (χ4v) is 4.59. The van der Waals surface area contributed by atoms with Crippen molar-refractivity contribution < 1.29 is 43.3 Å². The maximum absolute atomic E-state index is 12.9. The summed E-state index contributed by atoms with van der Waals surface area (Å²) in [5.41, 5.74) is 0.0373. The Kier molecular flexibility index (Phi) is 7.53. The number of nitrogens with zero attached hydrogens (tertiary/aromatic N) is 2. The molecule has 0 bridgehead atoms. The van der Waals surface area contributed by atoms with E-state index in [-0.39, 0.29) is 40.4 Å². The van der Waals surface area contributed by atoms with Gasteiger partial charge in [0.25, 0.3) is 0 Å². The molecule has 4 atom stereocenters. The maximum atomic E-state index is 12.9. The summed E-state index contributed by atoms with van der Waals surface area (Å²) >= 11 is 0. The van der Waals surface area contributed by atoms with Gasteiger partial charge >= 0.3 is 5.63 Å². The van der Waals surface area contributed by atoms with Crippen LogP contribution in [-0.2, 0) is 20.9 Å². The predicted octanol–water partition coefficient (Wildman–Crippen LogP) is 2.60. The topological polar surface area (TPSA) is 166 Å². The molecule has 12 heteroatoms. The Bertz CT molecular complexity index is 1400. The fourth-order valence-electron chi connectivity index (χ4n) is 4.59. The molecule has 4 rings (SSSR count). The zero-order valence-electron chi connectivity index (χ0n) is 22.3. The number of fused-ring (bicyclic) bond motifs is 1. The lowest BCUT2D eigenvalue weighted by Gasteiger charge is -2.46. The molecular weight excluding hydrogens is 500 g/mol. The van der Waals surface area contributed by atoms with Gasteiger partial charge in [-0.1, -0.05) is 10.3 Å². The largest absolute Gasteiger partial charge is 0.506 e. The molecule has 1 saturated heterocycles. The normalized spacial score (nSPS) is 23.6. The van der Waals surface area contributed by atoms with Crippen molar-refractivity contribution in [1.29, 1.82) is 0 Å². The molecule has 38 heavy (non-hydrogen) atoms. The first-order valence-electron chi connectivity index (χ1n) is 12.0. The fraction of sp³-hybridized carbons (Fsp3) is 0.500. The van der Waals surface area contributed by atoms with Crippen LogP contribution in [0.2, 0.25) is 0 Å². The Labute approximate surface area is 218 Å². The summed E-state index contributed by atoms with van der Waals surface area (Å²) in [6.45, 7) is 10.2. The molecule has 0 saturated carbocycles. The second-order valence-electron chi connectivity index (χ2n) is 9.78. The molecule has 0 aliphatic carbocycles. The van der Waals surface area contributed by atoms with E-state index in [1.165, 1.54) is 20.1 Å². The van der Waals surface area contributed by atoms with Crippen LogP contribution in [-0.4, -0.2) is 63.5 Å². The van der Waals surface area contributed by atoms with Crippen LogP contribution in [0.1, 0.15) is 48.9 Å². The summed E-state index contributed by atoms with van der Waals surface area (Å²) in [6, 6.07) is 3.05. The molecule has 1 aliphatic heterocycles. The lowest BCUT2D eigenvalue weighted by Crippen LogP contribution is -2.63. The number of hydrogen-bond acceptors (Lipinski definition) is 12. The van der Waals surface area contributed by atoms with E-state index in [0.717, 1.165) is 5.56 Å². The minimum atomic E-state index is -1.41. The highest BCUT2D eigenvalue weighted by molar-refractivity contribution is 6.04. The molecule has 0 unspecified atom stereocenters. The number of methoxy groups -OCH3 is 1. The number of aromatic nitrogens is 1. The molecule has 1 fully saturated rings. The van der Waals surface area contributed by atoms with Gasteiger partial charge in [0.2, 0.25) is 6.29 Å². The molecule has 0 spiro atoms. The number of aliphatic hydroxyl groups is 2. The summed E-state index contributed by atoms with van der Waals surface area (Å²) in [7, 11) is 1.42. The van der Waals surface area contributed by atoms with E-state index in [4.69, 9.17) is 28.0 Å². The van der Waals surface area contributed by atoms with Crippen molar-refractivity contribution in [2.45, 2.75) is 78.4 Å². The Morgan fingerprint density at radius 1 is 1.18 bits per heavy atom. The summed E-state index contributed by atoms with van der Waals surface area (Å²) in [4.78, 5) is 18.2. The van der Waals surface area contributed by atoms with Gasteiger partial charge in [0.05, 0.1) is 28.0 Å². The van der Waals surface area contributed by atoms with E-state index in [9.17, 15) is 20.1 Å². The lowest BCUT2D eigenvalue weighted by molar-refractivity contribution is -0.306. The van der Waals surface area contributed by atoms with Gasteiger partial charge in [0, 0.05) is 12.7 Å². The molecule has 12 nitrogen and oxygen atoms in total. The number of hydrogen-bond donors (Lipinski definition) is 3. The third-order valence-corrected chi connectivity index (χ3v) is 6.74. The maximum Gasteiger partial charge on any atom is 0.349 e. The molecule has 206 valence electrons. The quantitative estimate of drug-likeness (QED) is 0.232.